The average molecular weight is 219 g/mol. The number of hydrogen-bond acceptors (Lipinski definition) is 2. The standard InChI is InChI=1S/C12H13NO3/c1-2-10(12(15)16)13-7-8-5-3-4-6-9(8)11(13)14/h3-6,10H,2,7H2,1H3,(H,15,16)/t10-/m0/s1. The fourth-order valence-corrected chi connectivity index (χ4v) is 2.06. The summed E-state index contributed by atoms with van der Waals surface area (Å²) >= 11 is 0. The lowest BCUT2D eigenvalue weighted by molar-refractivity contribution is -0.142. The van der Waals surface area contributed by atoms with Gasteiger partial charge < -0.3 is 10.0 Å². The molecule has 4 heteroatoms. The summed E-state index contributed by atoms with van der Waals surface area (Å²) in [5.41, 5.74) is 1.54. The van der Waals surface area contributed by atoms with E-state index < -0.39 is 12.0 Å². The highest BCUT2D eigenvalue weighted by atomic mass is 16.4. The van der Waals surface area contributed by atoms with Crippen LogP contribution >= 0.6 is 0 Å². The molecule has 1 amide bonds. The highest BCUT2D eigenvalue weighted by Gasteiger charge is 2.34. The smallest absolute Gasteiger partial charge is 0.326 e. The molecule has 1 aromatic rings. The maximum Gasteiger partial charge on any atom is 0.326 e. The summed E-state index contributed by atoms with van der Waals surface area (Å²) in [6.07, 6.45) is 0.426. The lowest BCUT2D eigenvalue weighted by Gasteiger charge is -2.22. The molecule has 16 heavy (non-hydrogen) atoms. The topological polar surface area (TPSA) is 57.6 Å². The summed E-state index contributed by atoms with van der Waals surface area (Å²) in [5, 5.41) is 9.04. The van der Waals surface area contributed by atoms with E-state index in [1.165, 1.54) is 4.90 Å². The van der Waals surface area contributed by atoms with Crippen molar-refractivity contribution in [2.75, 3.05) is 0 Å². The first-order chi connectivity index (χ1) is 7.65. The number of carboxylic acid groups (broad SMARTS) is 1. The number of fused-ring (bicyclic) bond motifs is 1. The van der Waals surface area contributed by atoms with Crippen LogP contribution in [0.5, 0.6) is 0 Å². The minimum Gasteiger partial charge on any atom is -0.480 e. The first-order valence-corrected chi connectivity index (χ1v) is 5.26. The summed E-state index contributed by atoms with van der Waals surface area (Å²) in [6.45, 7) is 2.18. The normalized spacial score (nSPS) is 16.1. The lowest BCUT2D eigenvalue weighted by atomic mass is 10.1. The van der Waals surface area contributed by atoms with E-state index in [9.17, 15) is 9.59 Å². The molecule has 1 aliphatic heterocycles. The van der Waals surface area contributed by atoms with Gasteiger partial charge in [0.05, 0.1) is 0 Å². The Bertz CT molecular complexity index is 442. The molecule has 0 fully saturated rings. The molecule has 1 N–H and O–H groups in total. The second-order valence-electron chi connectivity index (χ2n) is 3.85. The molecule has 0 saturated carbocycles. The third-order valence-electron chi connectivity index (χ3n) is 2.90. The number of hydrogen-bond donors (Lipinski definition) is 1. The van der Waals surface area contributed by atoms with Crippen molar-refractivity contribution in [1.29, 1.82) is 0 Å². The van der Waals surface area contributed by atoms with E-state index in [0.29, 0.717) is 18.5 Å². The fourth-order valence-electron chi connectivity index (χ4n) is 2.06. The summed E-state index contributed by atoms with van der Waals surface area (Å²) in [4.78, 5) is 24.4. The van der Waals surface area contributed by atoms with Gasteiger partial charge in [-0.1, -0.05) is 25.1 Å². The Kier molecular flexibility index (Phi) is 2.64. The molecule has 0 saturated heterocycles. The van der Waals surface area contributed by atoms with Gasteiger partial charge in [0.2, 0.25) is 0 Å². The minimum absolute atomic E-state index is 0.176. The number of carboxylic acids is 1. The van der Waals surface area contributed by atoms with Gasteiger partial charge in [0.15, 0.2) is 0 Å². The first kappa shape index (κ1) is 10.7. The second-order valence-corrected chi connectivity index (χ2v) is 3.85. The van der Waals surface area contributed by atoms with Crippen molar-refractivity contribution in [3.05, 3.63) is 35.4 Å². The average Bonchev–Trinajstić information content (AvgIpc) is 2.58. The minimum atomic E-state index is -0.941. The third kappa shape index (κ3) is 1.56. The Morgan fingerprint density at radius 1 is 1.50 bits per heavy atom. The number of amides is 1. The third-order valence-corrected chi connectivity index (χ3v) is 2.90. The van der Waals surface area contributed by atoms with Crippen molar-refractivity contribution < 1.29 is 14.7 Å². The summed E-state index contributed by atoms with van der Waals surface area (Å²) in [7, 11) is 0. The molecule has 0 aromatic heterocycles. The molecule has 1 aliphatic rings. The molecule has 1 atom stereocenters. The highest BCUT2D eigenvalue weighted by Crippen LogP contribution is 2.25. The summed E-state index contributed by atoms with van der Waals surface area (Å²) < 4.78 is 0. The Morgan fingerprint density at radius 2 is 2.19 bits per heavy atom. The number of benzene rings is 1. The molecule has 2 rings (SSSR count). The van der Waals surface area contributed by atoms with Gasteiger partial charge in [-0.15, -0.1) is 0 Å². The van der Waals surface area contributed by atoms with Gasteiger partial charge in [-0.2, -0.15) is 0 Å². The van der Waals surface area contributed by atoms with Gasteiger partial charge in [-0.3, -0.25) is 4.79 Å². The van der Waals surface area contributed by atoms with Crippen molar-refractivity contribution in [2.24, 2.45) is 0 Å². The molecule has 1 aromatic carbocycles. The van der Waals surface area contributed by atoms with Crippen LogP contribution < -0.4 is 0 Å². The predicted molar refractivity (Wildman–Crippen MR) is 58.0 cm³/mol. The Balaban J connectivity index is 2.31. The zero-order chi connectivity index (χ0) is 11.7. The van der Waals surface area contributed by atoms with Crippen molar-refractivity contribution >= 4 is 11.9 Å². The summed E-state index contributed by atoms with van der Waals surface area (Å²) in [6, 6.07) is 6.53. The lowest BCUT2D eigenvalue weighted by Crippen LogP contribution is -2.40. The molecule has 0 unspecified atom stereocenters. The maximum absolute atomic E-state index is 12.0. The van der Waals surface area contributed by atoms with E-state index in [0.717, 1.165) is 5.56 Å². The Hall–Kier alpha value is -1.84. The van der Waals surface area contributed by atoms with E-state index >= 15 is 0 Å². The van der Waals surface area contributed by atoms with Gasteiger partial charge in [-0.25, -0.2) is 4.79 Å². The van der Waals surface area contributed by atoms with Crippen LogP contribution in [0.1, 0.15) is 29.3 Å². The number of carbonyl (C=O) groups excluding carboxylic acids is 1. The van der Waals surface area contributed by atoms with E-state index in [2.05, 4.69) is 0 Å². The molecule has 0 aliphatic carbocycles. The van der Waals surface area contributed by atoms with Crippen LogP contribution in [0.25, 0.3) is 0 Å². The molecule has 0 spiro atoms. The molecular formula is C12H13NO3. The highest BCUT2D eigenvalue weighted by molar-refractivity contribution is 6.00. The van der Waals surface area contributed by atoms with Gasteiger partial charge in [0.25, 0.3) is 5.91 Å². The van der Waals surface area contributed by atoms with Crippen molar-refractivity contribution in [2.45, 2.75) is 25.9 Å². The van der Waals surface area contributed by atoms with Gasteiger partial charge in [-0.05, 0) is 18.1 Å². The monoisotopic (exact) mass is 219 g/mol. The SMILES string of the molecule is CC[C@@H](C(=O)O)N1Cc2ccccc2C1=O. The quantitative estimate of drug-likeness (QED) is 0.838. The maximum atomic E-state index is 12.0. The van der Waals surface area contributed by atoms with Crippen molar-refractivity contribution in [3.8, 4) is 0 Å². The van der Waals surface area contributed by atoms with Crippen LogP contribution in [0.2, 0.25) is 0 Å². The zero-order valence-electron chi connectivity index (χ0n) is 9.01. The molecule has 4 nitrogen and oxygen atoms in total. The van der Waals surface area contributed by atoms with E-state index in [4.69, 9.17) is 5.11 Å². The largest absolute Gasteiger partial charge is 0.480 e. The van der Waals surface area contributed by atoms with E-state index in [1.807, 2.05) is 12.1 Å². The van der Waals surface area contributed by atoms with Crippen molar-refractivity contribution in [1.82, 2.24) is 4.90 Å². The molecule has 1 heterocycles. The van der Waals surface area contributed by atoms with E-state index in [1.54, 1.807) is 19.1 Å². The Morgan fingerprint density at radius 3 is 2.75 bits per heavy atom. The van der Waals surface area contributed by atoms with Crippen LogP contribution in [0.15, 0.2) is 24.3 Å². The number of nitrogens with zero attached hydrogens (tertiary/aromatic N) is 1. The van der Waals surface area contributed by atoms with Crippen LogP contribution in [0, 0.1) is 0 Å². The van der Waals surface area contributed by atoms with Gasteiger partial charge >= 0.3 is 5.97 Å². The first-order valence-electron chi connectivity index (χ1n) is 5.26. The fraction of sp³-hybridized carbons (Fsp3) is 0.333. The molecule has 84 valence electrons. The number of aliphatic carboxylic acids is 1. The molecule has 0 bridgehead atoms. The number of rotatable bonds is 3. The second kappa shape index (κ2) is 3.96. The predicted octanol–water partition coefficient (Wildman–Crippen LogP) is 1.51. The molecular weight excluding hydrogens is 206 g/mol. The van der Waals surface area contributed by atoms with E-state index in [-0.39, 0.29) is 5.91 Å². The summed E-state index contributed by atoms with van der Waals surface area (Å²) in [5.74, 6) is -1.12. The van der Waals surface area contributed by atoms with Crippen LogP contribution in [-0.4, -0.2) is 27.9 Å². The van der Waals surface area contributed by atoms with Crippen LogP contribution in [0.3, 0.4) is 0 Å². The Labute approximate surface area is 93.5 Å². The molecule has 0 radical (unpaired) electrons. The van der Waals surface area contributed by atoms with Crippen LogP contribution in [-0.2, 0) is 11.3 Å². The number of carbonyl (C=O) groups is 2. The van der Waals surface area contributed by atoms with Crippen molar-refractivity contribution in [3.63, 3.8) is 0 Å². The van der Waals surface area contributed by atoms with Gasteiger partial charge in [0.1, 0.15) is 6.04 Å². The van der Waals surface area contributed by atoms with Crippen LogP contribution in [0.4, 0.5) is 0 Å². The van der Waals surface area contributed by atoms with Gasteiger partial charge in [0, 0.05) is 12.1 Å². The zero-order valence-corrected chi connectivity index (χ0v) is 9.01.